The predicted molar refractivity (Wildman–Crippen MR) is 114 cm³/mol. The first kappa shape index (κ1) is 19.0. The molecule has 3 aromatic rings. The molecule has 0 aromatic heterocycles. The number of amides is 2. The highest BCUT2D eigenvalue weighted by Gasteiger charge is 2.27. The Balaban J connectivity index is 1.37. The zero-order chi connectivity index (χ0) is 20.2. The highest BCUT2D eigenvalue weighted by atomic mass is 79.9. The van der Waals surface area contributed by atoms with Gasteiger partial charge in [-0.1, -0.05) is 34.1 Å². The van der Waals surface area contributed by atoms with Crippen LogP contribution in [0.5, 0.6) is 11.5 Å². The van der Waals surface area contributed by atoms with Crippen LogP contribution in [-0.2, 0) is 4.79 Å². The molecule has 0 aliphatic carbocycles. The number of rotatable bonds is 4. The molecule has 1 heterocycles. The number of nitrogens with one attached hydrogen (secondary N) is 2. The molecular formula is C22H17BrN2O4. The molecule has 0 saturated carbocycles. The molecule has 3 aromatic carbocycles. The van der Waals surface area contributed by atoms with Crippen molar-refractivity contribution in [2.24, 2.45) is 0 Å². The van der Waals surface area contributed by atoms with Crippen LogP contribution in [0.2, 0.25) is 0 Å². The van der Waals surface area contributed by atoms with E-state index in [1.165, 1.54) is 0 Å². The Bertz CT molecular complexity index is 1050. The van der Waals surface area contributed by atoms with Crippen molar-refractivity contribution in [2.75, 3.05) is 17.2 Å². The highest BCUT2D eigenvalue weighted by molar-refractivity contribution is 9.10. The Kier molecular flexibility index (Phi) is 5.48. The summed E-state index contributed by atoms with van der Waals surface area (Å²) in [6, 6.07) is 21.2. The SMILES string of the molecule is O=C(Nc1cccc(Br)c1)c1ccc(NC(=O)[C@H]2COc3ccccc3O2)cc1. The lowest BCUT2D eigenvalue weighted by molar-refractivity contribution is -0.125. The second-order valence-electron chi connectivity index (χ2n) is 6.40. The first-order valence-corrected chi connectivity index (χ1v) is 9.74. The van der Waals surface area contributed by atoms with Crippen molar-refractivity contribution >= 4 is 39.1 Å². The Labute approximate surface area is 176 Å². The van der Waals surface area contributed by atoms with E-state index in [9.17, 15) is 9.59 Å². The van der Waals surface area contributed by atoms with Crippen molar-refractivity contribution < 1.29 is 19.1 Å². The first-order valence-electron chi connectivity index (χ1n) is 8.95. The summed E-state index contributed by atoms with van der Waals surface area (Å²) >= 11 is 3.37. The van der Waals surface area contributed by atoms with E-state index in [1.807, 2.05) is 36.4 Å². The molecule has 0 saturated heterocycles. The van der Waals surface area contributed by atoms with Crippen LogP contribution < -0.4 is 20.1 Å². The quantitative estimate of drug-likeness (QED) is 0.611. The van der Waals surface area contributed by atoms with Crippen LogP contribution in [-0.4, -0.2) is 24.5 Å². The number of hydrogen-bond acceptors (Lipinski definition) is 4. The van der Waals surface area contributed by atoms with Gasteiger partial charge in [0.15, 0.2) is 11.5 Å². The van der Waals surface area contributed by atoms with Gasteiger partial charge in [0, 0.05) is 21.4 Å². The summed E-state index contributed by atoms with van der Waals surface area (Å²) in [6.07, 6.45) is -0.746. The number of carbonyl (C=O) groups excluding carboxylic acids is 2. The van der Waals surface area contributed by atoms with Gasteiger partial charge in [-0.25, -0.2) is 0 Å². The van der Waals surface area contributed by atoms with Crippen LogP contribution in [0.15, 0.2) is 77.3 Å². The Morgan fingerprint density at radius 1 is 0.862 bits per heavy atom. The Morgan fingerprint density at radius 3 is 2.38 bits per heavy atom. The van der Waals surface area contributed by atoms with E-state index in [2.05, 4.69) is 26.6 Å². The largest absolute Gasteiger partial charge is 0.485 e. The molecule has 4 rings (SSSR count). The van der Waals surface area contributed by atoms with E-state index >= 15 is 0 Å². The van der Waals surface area contributed by atoms with Gasteiger partial charge in [-0.05, 0) is 54.6 Å². The first-order chi connectivity index (χ1) is 14.1. The topological polar surface area (TPSA) is 76.7 Å². The van der Waals surface area contributed by atoms with Crippen LogP contribution in [0.3, 0.4) is 0 Å². The number of halogens is 1. The molecule has 1 aliphatic rings. The minimum absolute atomic E-state index is 0.135. The van der Waals surface area contributed by atoms with Crippen molar-refractivity contribution in [1.29, 1.82) is 0 Å². The molecule has 2 amide bonds. The number of ether oxygens (including phenoxy) is 2. The summed E-state index contributed by atoms with van der Waals surface area (Å²) in [5.41, 5.74) is 1.74. The zero-order valence-corrected chi connectivity index (χ0v) is 16.8. The number of benzene rings is 3. The second-order valence-corrected chi connectivity index (χ2v) is 7.31. The molecule has 0 radical (unpaired) electrons. The molecule has 146 valence electrons. The minimum Gasteiger partial charge on any atom is -0.485 e. The lowest BCUT2D eigenvalue weighted by Crippen LogP contribution is -2.40. The third-order valence-electron chi connectivity index (χ3n) is 4.30. The number of para-hydroxylation sites is 2. The molecule has 2 N–H and O–H groups in total. The van der Waals surface area contributed by atoms with Crippen LogP contribution in [0.1, 0.15) is 10.4 Å². The summed E-state index contributed by atoms with van der Waals surface area (Å²) in [6.45, 7) is 0.135. The lowest BCUT2D eigenvalue weighted by Gasteiger charge is -2.25. The molecule has 0 spiro atoms. The maximum Gasteiger partial charge on any atom is 0.269 e. The molecule has 6 nitrogen and oxygen atoms in total. The van der Waals surface area contributed by atoms with E-state index in [4.69, 9.17) is 9.47 Å². The summed E-state index contributed by atoms with van der Waals surface area (Å²) in [7, 11) is 0. The van der Waals surface area contributed by atoms with Crippen molar-refractivity contribution in [1.82, 2.24) is 0 Å². The molecule has 0 bridgehead atoms. The fraction of sp³-hybridized carbons (Fsp3) is 0.0909. The van der Waals surface area contributed by atoms with Crippen LogP contribution in [0.25, 0.3) is 0 Å². The molecule has 0 fully saturated rings. The Hall–Kier alpha value is -3.32. The van der Waals surface area contributed by atoms with Gasteiger partial charge in [-0.2, -0.15) is 0 Å². The van der Waals surface area contributed by atoms with Gasteiger partial charge in [0.1, 0.15) is 6.61 Å². The van der Waals surface area contributed by atoms with Crippen LogP contribution in [0, 0.1) is 0 Å². The fourth-order valence-electron chi connectivity index (χ4n) is 2.85. The second kappa shape index (κ2) is 8.36. The van der Waals surface area contributed by atoms with E-state index in [0.717, 1.165) is 4.47 Å². The molecule has 7 heteroatoms. The summed E-state index contributed by atoms with van der Waals surface area (Å²) < 4.78 is 12.1. The van der Waals surface area contributed by atoms with Crippen molar-refractivity contribution in [3.05, 3.63) is 82.8 Å². The van der Waals surface area contributed by atoms with Crippen molar-refractivity contribution in [3.63, 3.8) is 0 Å². The summed E-state index contributed by atoms with van der Waals surface area (Å²) in [5.74, 6) is 0.614. The van der Waals surface area contributed by atoms with Gasteiger partial charge in [0.25, 0.3) is 11.8 Å². The molecule has 29 heavy (non-hydrogen) atoms. The standard InChI is InChI=1S/C22H17BrN2O4/c23-15-4-3-5-17(12-15)25-21(26)14-8-10-16(11-9-14)24-22(27)20-13-28-18-6-1-2-7-19(18)29-20/h1-12,20H,13H2,(H,24,27)(H,25,26)/t20-/m1/s1. The average Bonchev–Trinajstić information content (AvgIpc) is 2.74. The zero-order valence-electron chi connectivity index (χ0n) is 15.2. The third kappa shape index (κ3) is 4.57. The molecule has 0 unspecified atom stereocenters. The highest BCUT2D eigenvalue weighted by Crippen LogP contribution is 2.31. The maximum atomic E-state index is 12.5. The van der Waals surface area contributed by atoms with E-state index in [0.29, 0.717) is 28.4 Å². The lowest BCUT2D eigenvalue weighted by atomic mass is 10.2. The number of fused-ring (bicyclic) bond motifs is 1. The number of carbonyl (C=O) groups is 2. The van der Waals surface area contributed by atoms with Crippen molar-refractivity contribution in [3.8, 4) is 11.5 Å². The number of hydrogen-bond donors (Lipinski definition) is 2. The molecule has 1 atom stereocenters. The fourth-order valence-corrected chi connectivity index (χ4v) is 3.25. The van der Waals surface area contributed by atoms with Gasteiger partial charge in [-0.3, -0.25) is 9.59 Å². The van der Waals surface area contributed by atoms with E-state index in [-0.39, 0.29) is 18.4 Å². The van der Waals surface area contributed by atoms with Crippen molar-refractivity contribution in [2.45, 2.75) is 6.10 Å². The van der Waals surface area contributed by atoms with Gasteiger partial charge < -0.3 is 20.1 Å². The maximum absolute atomic E-state index is 12.5. The average molecular weight is 453 g/mol. The monoisotopic (exact) mass is 452 g/mol. The smallest absolute Gasteiger partial charge is 0.269 e. The normalized spacial score (nSPS) is 14.7. The summed E-state index contributed by atoms with van der Waals surface area (Å²) in [4.78, 5) is 24.8. The molecule has 1 aliphatic heterocycles. The van der Waals surface area contributed by atoms with Gasteiger partial charge in [0.2, 0.25) is 6.10 Å². The van der Waals surface area contributed by atoms with Crippen LogP contribution in [0.4, 0.5) is 11.4 Å². The number of anilines is 2. The van der Waals surface area contributed by atoms with Gasteiger partial charge >= 0.3 is 0 Å². The Morgan fingerprint density at radius 2 is 1.62 bits per heavy atom. The van der Waals surface area contributed by atoms with E-state index < -0.39 is 6.10 Å². The van der Waals surface area contributed by atoms with Crippen LogP contribution >= 0.6 is 15.9 Å². The predicted octanol–water partition coefficient (Wildman–Crippen LogP) is 4.48. The molecular weight excluding hydrogens is 436 g/mol. The third-order valence-corrected chi connectivity index (χ3v) is 4.79. The van der Waals surface area contributed by atoms with Gasteiger partial charge in [0.05, 0.1) is 0 Å². The summed E-state index contributed by atoms with van der Waals surface area (Å²) in [5, 5.41) is 5.61. The van der Waals surface area contributed by atoms with E-state index in [1.54, 1.807) is 36.4 Å². The van der Waals surface area contributed by atoms with Gasteiger partial charge in [-0.15, -0.1) is 0 Å². The minimum atomic E-state index is -0.746.